The van der Waals surface area contributed by atoms with Crippen LogP contribution in [0.3, 0.4) is 0 Å². The molecule has 10 aromatic rings. The molecule has 0 fully saturated rings. The fourth-order valence-electron chi connectivity index (χ4n) is 7.29. The van der Waals surface area contributed by atoms with E-state index < -0.39 is 0 Å². The molecule has 2 aromatic heterocycles. The first kappa shape index (κ1) is 26.0. The number of rotatable bonds is 4. The van der Waals surface area contributed by atoms with Crippen molar-refractivity contribution in [3.8, 4) is 11.1 Å². The van der Waals surface area contributed by atoms with E-state index >= 15 is 0 Å². The Kier molecular flexibility index (Phi) is 5.57. The van der Waals surface area contributed by atoms with E-state index in [0.717, 1.165) is 77.3 Å². The van der Waals surface area contributed by atoms with Gasteiger partial charge in [-0.25, -0.2) is 0 Å². The van der Waals surface area contributed by atoms with Crippen LogP contribution in [0.25, 0.3) is 76.5 Å². The Morgan fingerprint density at radius 3 is 1.32 bits per heavy atom. The van der Waals surface area contributed by atoms with Gasteiger partial charge >= 0.3 is 0 Å². The molecule has 0 N–H and O–H groups in total. The van der Waals surface area contributed by atoms with Gasteiger partial charge in [0.2, 0.25) is 0 Å². The molecule has 0 amide bonds. The molecular weight excluding hydrogens is 574 g/mol. The van der Waals surface area contributed by atoms with Crippen molar-refractivity contribution in [1.29, 1.82) is 0 Å². The highest BCUT2D eigenvalue weighted by Gasteiger charge is 2.26. The Morgan fingerprint density at radius 2 is 0.787 bits per heavy atom. The second kappa shape index (κ2) is 10.1. The molecule has 0 saturated carbocycles. The third-order valence-corrected chi connectivity index (χ3v) is 9.42. The van der Waals surface area contributed by atoms with Crippen molar-refractivity contribution < 1.29 is 8.83 Å². The summed E-state index contributed by atoms with van der Waals surface area (Å²) < 4.78 is 13.6. The average molecular weight is 602 g/mol. The van der Waals surface area contributed by atoms with E-state index in [9.17, 15) is 0 Å². The van der Waals surface area contributed by atoms with Gasteiger partial charge in [0.15, 0.2) is 11.2 Å². The predicted octanol–water partition coefficient (Wildman–Crippen LogP) is 12.9. The lowest BCUT2D eigenvalue weighted by molar-refractivity contribution is 0.666. The SMILES string of the molecule is c1ccc(-c2ccc(N(c3cc4ccccc4c4c3oc3ccccc34)c3cc4ccccc4c4c3oc3ccccc34)cc2)cc1. The summed E-state index contributed by atoms with van der Waals surface area (Å²) in [6.07, 6.45) is 0. The third-order valence-electron chi connectivity index (χ3n) is 9.42. The summed E-state index contributed by atoms with van der Waals surface area (Å²) in [5, 5.41) is 9.07. The number of hydrogen-bond acceptors (Lipinski definition) is 3. The van der Waals surface area contributed by atoms with E-state index in [1.165, 1.54) is 16.3 Å². The van der Waals surface area contributed by atoms with Crippen LogP contribution in [0.15, 0.2) is 173 Å². The average Bonchev–Trinajstić information content (AvgIpc) is 3.73. The van der Waals surface area contributed by atoms with E-state index in [1.807, 2.05) is 12.1 Å². The number of fused-ring (bicyclic) bond motifs is 10. The lowest BCUT2D eigenvalue weighted by atomic mass is 9.99. The second-order valence-corrected chi connectivity index (χ2v) is 12.1. The highest BCUT2D eigenvalue weighted by atomic mass is 16.3. The summed E-state index contributed by atoms with van der Waals surface area (Å²) in [5.74, 6) is 0. The Balaban J connectivity index is 1.35. The molecule has 0 aliphatic carbocycles. The first-order valence-corrected chi connectivity index (χ1v) is 15.9. The van der Waals surface area contributed by atoms with Crippen LogP contribution in [-0.2, 0) is 0 Å². The van der Waals surface area contributed by atoms with Crippen LogP contribution in [0.4, 0.5) is 17.1 Å². The largest absolute Gasteiger partial charge is 0.454 e. The number of para-hydroxylation sites is 2. The Labute approximate surface area is 270 Å². The van der Waals surface area contributed by atoms with Crippen molar-refractivity contribution in [3.05, 3.63) is 164 Å². The first-order chi connectivity index (χ1) is 23.3. The summed E-state index contributed by atoms with van der Waals surface area (Å²) in [7, 11) is 0. The number of nitrogens with zero attached hydrogens (tertiary/aromatic N) is 1. The molecule has 0 unspecified atom stereocenters. The van der Waals surface area contributed by atoms with E-state index in [4.69, 9.17) is 8.83 Å². The lowest BCUT2D eigenvalue weighted by Crippen LogP contribution is -2.11. The maximum Gasteiger partial charge on any atom is 0.160 e. The predicted molar refractivity (Wildman–Crippen MR) is 196 cm³/mol. The third kappa shape index (κ3) is 3.93. The highest BCUT2D eigenvalue weighted by molar-refractivity contribution is 6.26. The molecule has 8 aromatic carbocycles. The quantitative estimate of drug-likeness (QED) is 0.201. The van der Waals surface area contributed by atoms with Gasteiger partial charge in [-0.2, -0.15) is 0 Å². The van der Waals surface area contributed by atoms with Crippen LogP contribution in [0.2, 0.25) is 0 Å². The highest BCUT2D eigenvalue weighted by Crippen LogP contribution is 2.49. The second-order valence-electron chi connectivity index (χ2n) is 12.1. The standard InChI is InChI=1S/C44H27NO2/c1-2-12-28(13-3-1)29-22-24-32(25-23-29)45(37-26-30-14-4-6-16-33(30)41-35-18-8-10-20-39(35)46-43(37)41)38-27-31-15-5-7-17-34(31)42-36-19-9-11-21-40(36)47-44(38)42/h1-27H. The molecular formula is C44H27NO2. The fourth-order valence-corrected chi connectivity index (χ4v) is 7.29. The summed E-state index contributed by atoms with van der Waals surface area (Å²) in [6, 6.07) is 57.7. The summed E-state index contributed by atoms with van der Waals surface area (Å²) >= 11 is 0. The van der Waals surface area contributed by atoms with E-state index in [2.05, 4.69) is 157 Å². The normalized spacial score (nSPS) is 11.8. The number of benzene rings is 8. The van der Waals surface area contributed by atoms with Gasteiger partial charge in [0.05, 0.1) is 11.4 Å². The molecule has 0 saturated heterocycles. The van der Waals surface area contributed by atoms with E-state index in [-0.39, 0.29) is 0 Å². The Morgan fingerprint density at radius 1 is 0.362 bits per heavy atom. The zero-order chi connectivity index (χ0) is 30.9. The minimum absolute atomic E-state index is 0.842. The lowest BCUT2D eigenvalue weighted by Gasteiger charge is -2.27. The molecule has 0 spiro atoms. The van der Waals surface area contributed by atoms with Crippen molar-refractivity contribution in [3.63, 3.8) is 0 Å². The molecule has 2 heterocycles. The Hall–Kier alpha value is -6.32. The van der Waals surface area contributed by atoms with Crippen molar-refractivity contribution in [2.45, 2.75) is 0 Å². The molecule has 0 bridgehead atoms. The van der Waals surface area contributed by atoms with Gasteiger partial charge in [0.1, 0.15) is 11.2 Å². The van der Waals surface area contributed by atoms with Crippen LogP contribution in [0.1, 0.15) is 0 Å². The smallest absolute Gasteiger partial charge is 0.160 e. The Bertz CT molecular complexity index is 2640. The molecule has 0 aliphatic heterocycles. The van der Waals surface area contributed by atoms with Crippen LogP contribution in [-0.4, -0.2) is 0 Å². The molecule has 10 rings (SSSR count). The van der Waals surface area contributed by atoms with Crippen LogP contribution in [0.5, 0.6) is 0 Å². The zero-order valence-corrected chi connectivity index (χ0v) is 25.4. The van der Waals surface area contributed by atoms with Gasteiger partial charge in [-0.15, -0.1) is 0 Å². The first-order valence-electron chi connectivity index (χ1n) is 15.9. The van der Waals surface area contributed by atoms with E-state index in [1.54, 1.807) is 0 Å². The van der Waals surface area contributed by atoms with Crippen LogP contribution < -0.4 is 4.90 Å². The van der Waals surface area contributed by atoms with Crippen LogP contribution >= 0.6 is 0 Å². The maximum absolute atomic E-state index is 6.79. The number of furan rings is 2. The summed E-state index contributed by atoms with van der Waals surface area (Å²) in [4.78, 5) is 2.32. The van der Waals surface area contributed by atoms with Gasteiger partial charge in [-0.3, -0.25) is 0 Å². The van der Waals surface area contributed by atoms with Gasteiger partial charge in [0.25, 0.3) is 0 Å². The topological polar surface area (TPSA) is 29.5 Å². The molecule has 3 nitrogen and oxygen atoms in total. The summed E-state index contributed by atoms with van der Waals surface area (Å²) in [5.41, 5.74) is 8.69. The minimum atomic E-state index is 0.842. The maximum atomic E-state index is 6.79. The van der Waals surface area contributed by atoms with Crippen molar-refractivity contribution in [1.82, 2.24) is 0 Å². The molecule has 47 heavy (non-hydrogen) atoms. The fraction of sp³-hybridized carbons (Fsp3) is 0. The number of hydrogen-bond donors (Lipinski definition) is 0. The van der Waals surface area contributed by atoms with E-state index in [0.29, 0.717) is 0 Å². The molecule has 0 atom stereocenters. The number of anilines is 3. The molecule has 220 valence electrons. The van der Waals surface area contributed by atoms with Crippen LogP contribution in [0, 0.1) is 0 Å². The monoisotopic (exact) mass is 601 g/mol. The molecule has 0 radical (unpaired) electrons. The van der Waals surface area contributed by atoms with Gasteiger partial charge in [0, 0.05) is 27.2 Å². The van der Waals surface area contributed by atoms with Crippen molar-refractivity contribution in [2.24, 2.45) is 0 Å². The summed E-state index contributed by atoms with van der Waals surface area (Å²) in [6.45, 7) is 0. The molecule has 0 aliphatic rings. The zero-order valence-electron chi connectivity index (χ0n) is 25.4. The van der Waals surface area contributed by atoms with Crippen molar-refractivity contribution >= 4 is 82.5 Å². The minimum Gasteiger partial charge on any atom is -0.454 e. The van der Waals surface area contributed by atoms with Crippen molar-refractivity contribution in [2.75, 3.05) is 4.90 Å². The van der Waals surface area contributed by atoms with Gasteiger partial charge < -0.3 is 13.7 Å². The van der Waals surface area contributed by atoms with Gasteiger partial charge in [-0.1, -0.05) is 127 Å². The van der Waals surface area contributed by atoms with Gasteiger partial charge in [-0.05, 0) is 69.1 Å². The molecule has 3 heteroatoms.